The van der Waals surface area contributed by atoms with Crippen molar-refractivity contribution in [2.24, 2.45) is 0 Å². The van der Waals surface area contributed by atoms with Crippen molar-refractivity contribution in [2.45, 2.75) is 20.4 Å². The van der Waals surface area contributed by atoms with Crippen molar-refractivity contribution in [2.75, 3.05) is 7.11 Å². The summed E-state index contributed by atoms with van der Waals surface area (Å²) in [7, 11) is 1.35. The molecular formula is C13H14BrN3O2. The molecule has 5 nitrogen and oxygen atoms in total. The summed E-state index contributed by atoms with van der Waals surface area (Å²) in [5.41, 5.74) is 3.28. The Morgan fingerprint density at radius 3 is 2.63 bits per heavy atom. The Morgan fingerprint density at radius 1 is 1.42 bits per heavy atom. The predicted octanol–water partition coefficient (Wildman–Crippen LogP) is 2.49. The van der Waals surface area contributed by atoms with E-state index in [1.165, 1.54) is 13.3 Å². The molecule has 6 heteroatoms. The second-order valence-electron chi connectivity index (χ2n) is 4.17. The molecule has 0 aromatic carbocycles. The van der Waals surface area contributed by atoms with Crippen molar-refractivity contribution in [1.29, 1.82) is 0 Å². The van der Waals surface area contributed by atoms with Crippen LogP contribution in [0.3, 0.4) is 0 Å². The summed E-state index contributed by atoms with van der Waals surface area (Å²) in [5, 5.41) is 4.42. The number of ether oxygens (including phenoxy) is 1. The third-order valence-corrected chi connectivity index (χ3v) is 4.00. The Bertz CT molecular complexity index is 605. The first-order valence-electron chi connectivity index (χ1n) is 5.75. The highest BCUT2D eigenvalue weighted by molar-refractivity contribution is 9.10. The van der Waals surface area contributed by atoms with Gasteiger partial charge in [-0.25, -0.2) is 4.79 Å². The third-order valence-electron chi connectivity index (χ3n) is 2.85. The van der Waals surface area contributed by atoms with Crippen molar-refractivity contribution >= 4 is 21.9 Å². The number of rotatable bonds is 3. The standard InChI is InChI=1S/C13H14BrN3O2/c1-8-12(14)9(2)17(16-8)7-11-5-4-10(6-15-11)13(18)19-3/h4-6H,7H2,1-3H3. The van der Waals surface area contributed by atoms with Crippen LogP contribution in [-0.2, 0) is 11.3 Å². The monoisotopic (exact) mass is 323 g/mol. The smallest absolute Gasteiger partial charge is 0.339 e. The zero-order valence-electron chi connectivity index (χ0n) is 11.0. The minimum atomic E-state index is -0.382. The Morgan fingerprint density at radius 2 is 2.16 bits per heavy atom. The summed E-state index contributed by atoms with van der Waals surface area (Å²) in [4.78, 5) is 15.5. The molecule has 0 saturated heterocycles. The second kappa shape index (κ2) is 5.52. The number of carbonyl (C=O) groups is 1. The van der Waals surface area contributed by atoms with Gasteiger partial charge in [0, 0.05) is 6.20 Å². The van der Waals surface area contributed by atoms with Gasteiger partial charge < -0.3 is 4.74 Å². The maximum Gasteiger partial charge on any atom is 0.339 e. The highest BCUT2D eigenvalue weighted by Gasteiger charge is 2.10. The molecule has 0 aliphatic heterocycles. The van der Waals surface area contributed by atoms with Crippen LogP contribution in [0, 0.1) is 13.8 Å². The summed E-state index contributed by atoms with van der Waals surface area (Å²) in [6, 6.07) is 3.51. The highest BCUT2D eigenvalue weighted by atomic mass is 79.9. The highest BCUT2D eigenvalue weighted by Crippen LogP contribution is 2.20. The number of methoxy groups -OCH3 is 1. The minimum absolute atomic E-state index is 0.382. The van der Waals surface area contributed by atoms with Gasteiger partial charge >= 0.3 is 5.97 Å². The first-order valence-corrected chi connectivity index (χ1v) is 6.55. The number of hydrogen-bond donors (Lipinski definition) is 0. The first kappa shape index (κ1) is 13.7. The van der Waals surface area contributed by atoms with Crippen molar-refractivity contribution in [3.63, 3.8) is 0 Å². The number of halogens is 1. The molecule has 0 unspecified atom stereocenters. The van der Waals surface area contributed by atoms with Gasteiger partial charge in [0.15, 0.2) is 0 Å². The average Bonchev–Trinajstić information content (AvgIpc) is 2.66. The van der Waals surface area contributed by atoms with Gasteiger partial charge in [0.05, 0.1) is 40.8 Å². The fourth-order valence-electron chi connectivity index (χ4n) is 1.74. The van der Waals surface area contributed by atoms with Crippen LogP contribution in [0.25, 0.3) is 0 Å². The topological polar surface area (TPSA) is 57.0 Å². The molecule has 2 aromatic heterocycles. The molecule has 0 fully saturated rings. The number of pyridine rings is 1. The summed E-state index contributed by atoms with van der Waals surface area (Å²) in [5.74, 6) is -0.382. The number of hydrogen-bond acceptors (Lipinski definition) is 4. The molecule has 0 aliphatic carbocycles. The van der Waals surface area contributed by atoms with Crippen molar-refractivity contribution in [1.82, 2.24) is 14.8 Å². The summed E-state index contributed by atoms with van der Waals surface area (Å²) in [6.07, 6.45) is 1.52. The fourth-order valence-corrected chi connectivity index (χ4v) is 2.02. The fraction of sp³-hybridized carbons (Fsp3) is 0.308. The van der Waals surface area contributed by atoms with Crippen LogP contribution in [0.5, 0.6) is 0 Å². The predicted molar refractivity (Wildman–Crippen MR) is 74.1 cm³/mol. The molecule has 2 heterocycles. The van der Waals surface area contributed by atoms with E-state index < -0.39 is 0 Å². The summed E-state index contributed by atoms with van der Waals surface area (Å²) < 4.78 is 7.52. The summed E-state index contributed by atoms with van der Waals surface area (Å²) >= 11 is 3.49. The van der Waals surface area contributed by atoms with Gasteiger partial charge in [-0.15, -0.1) is 0 Å². The molecule has 2 rings (SSSR count). The maximum atomic E-state index is 11.3. The minimum Gasteiger partial charge on any atom is -0.465 e. The van der Waals surface area contributed by atoms with Crippen molar-refractivity contribution in [3.8, 4) is 0 Å². The van der Waals surface area contributed by atoms with Crippen LogP contribution in [0.1, 0.15) is 27.4 Å². The zero-order chi connectivity index (χ0) is 14.0. The van der Waals surface area contributed by atoms with E-state index in [0.29, 0.717) is 12.1 Å². The lowest BCUT2D eigenvalue weighted by atomic mass is 10.2. The van der Waals surface area contributed by atoms with Gasteiger partial charge in [0.25, 0.3) is 0 Å². The van der Waals surface area contributed by atoms with Crippen LogP contribution in [0.4, 0.5) is 0 Å². The lowest BCUT2D eigenvalue weighted by Gasteiger charge is -2.05. The molecule has 0 N–H and O–H groups in total. The lowest BCUT2D eigenvalue weighted by molar-refractivity contribution is 0.0600. The third kappa shape index (κ3) is 2.84. The molecule has 0 amide bonds. The van der Waals surface area contributed by atoms with E-state index >= 15 is 0 Å². The Labute approximate surface area is 119 Å². The normalized spacial score (nSPS) is 10.5. The molecular weight excluding hydrogens is 310 g/mol. The number of esters is 1. The van der Waals surface area contributed by atoms with Gasteiger partial charge in [-0.1, -0.05) is 0 Å². The van der Waals surface area contributed by atoms with Crippen LogP contribution in [0.15, 0.2) is 22.8 Å². The van der Waals surface area contributed by atoms with Gasteiger partial charge in [0.1, 0.15) is 0 Å². The van der Waals surface area contributed by atoms with Gasteiger partial charge in [-0.3, -0.25) is 9.67 Å². The maximum absolute atomic E-state index is 11.3. The van der Waals surface area contributed by atoms with Crippen LogP contribution in [-0.4, -0.2) is 27.8 Å². The van der Waals surface area contributed by atoms with E-state index in [1.54, 1.807) is 12.1 Å². The van der Waals surface area contributed by atoms with Gasteiger partial charge in [0.2, 0.25) is 0 Å². The molecule has 0 spiro atoms. The Hall–Kier alpha value is -1.69. The quantitative estimate of drug-likeness (QED) is 0.814. The summed E-state index contributed by atoms with van der Waals surface area (Å²) in [6.45, 7) is 4.51. The second-order valence-corrected chi connectivity index (χ2v) is 4.97. The van der Waals surface area contributed by atoms with E-state index in [2.05, 4.69) is 30.7 Å². The molecule has 0 bridgehead atoms. The molecule has 0 saturated carbocycles. The molecule has 0 atom stereocenters. The SMILES string of the molecule is COC(=O)c1ccc(Cn2nc(C)c(Br)c2C)nc1. The van der Waals surface area contributed by atoms with E-state index in [-0.39, 0.29) is 5.97 Å². The van der Waals surface area contributed by atoms with Crippen molar-refractivity contribution < 1.29 is 9.53 Å². The van der Waals surface area contributed by atoms with Gasteiger partial charge in [-0.2, -0.15) is 5.10 Å². The van der Waals surface area contributed by atoms with E-state index in [1.807, 2.05) is 18.5 Å². The number of carbonyl (C=O) groups excluding carboxylic acids is 1. The van der Waals surface area contributed by atoms with Crippen LogP contribution in [0.2, 0.25) is 0 Å². The van der Waals surface area contributed by atoms with Crippen LogP contribution < -0.4 is 0 Å². The molecule has 0 radical (unpaired) electrons. The number of aromatic nitrogens is 3. The van der Waals surface area contributed by atoms with E-state index in [4.69, 9.17) is 0 Å². The largest absolute Gasteiger partial charge is 0.465 e. The lowest BCUT2D eigenvalue weighted by Crippen LogP contribution is -2.07. The van der Waals surface area contributed by atoms with Gasteiger partial charge in [-0.05, 0) is 41.9 Å². The van der Waals surface area contributed by atoms with E-state index in [0.717, 1.165) is 21.6 Å². The van der Waals surface area contributed by atoms with E-state index in [9.17, 15) is 4.79 Å². The molecule has 2 aromatic rings. The molecule has 100 valence electrons. The Kier molecular flexibility index (Phi) is 3.99. The first-order chi connectivity index (χ1) is 9.02. The van der Waals surface area contributed by atoms with Crippen molar-refractivity contribution in [3.05, 3.63) is 45.4 Å². The number of nitrogens with zero attached hydrogens (tertiary/aromatic N) is 3. The number of aryl methyl sites for hydroxylation is 1. The molecule has 19 heavy (non-hydrogen) atoms. The zero-order valence-corrected chi connectivity index (χ0v) is 12.6. The Balaban J connectivity index is 2.20. The van der Waals surface area contributed by atoms with Crippen LogP contribution >= 0.6 is 15.9 Å². The molecule has 0 aliphatic rings. The average molecular weight is 324 g/mol.